The number of hydrogen-bond donors (Lipinski definition) is 8. The lowest BCUT2D eigenvalue weighted by atomic mass is 9.94. The fourth-order valence-corrected chi connectivity index (χ4v) is 10.4. The van der Waals surface area contributed by atoms with E-state index in [2.05, 4.69) is 30.9 Å². The lowest BCUT2D eigenvalue weighted by molar-refractivity contribution is -0.138. The van der Waals surface area contributed by atoms with Crippen molar-refractivity contribution in [2.45, 2.75) is 94.6 Å². The van der Waals surface area contributed by atoms with E-state index in [0.717, 1.165) is 15.1 Å². The molecule has 0 saturated carbocycles. The number of rotatable bonds is 21. The Morgan fingerprint density at radius 2 is 0.846 bits per heavy atom. The first kappa shape index (κ1) is 59.7. The molecule has 0 spiro atoms. The first-order chi connectivity index (χ1) is 30.2. The summed E-state index contributed by atoms with van der Waals surface area (Å²) in [6, 6.07) is -3.38. The topological polar surface area (TPSA) is 295 Å². The van der Waals surface area contributed by atoms with Gasteiger partial charge in [0.2, 0.25) is 29.5 Å². The van der Waals surface area contributed by atoms with Gasteiger partial charge in [0.1, 0.15) is 30.2 Å². The number of amides is 5. The highest BCUT2D eigenvalue weighted by Gasteiger charge is 2.37. The molecule has 21 nitrogen and oxygen atoms in total. The molecule has 0 aliphatic carbocycles. The molecule has 3 aliphatic heterocycles. The van der Waals surface area contributed by atoms with E-state index >= 15 is 0 Å². The summed E-state index contributed by atoms with van der Waals surface area (Å²) < 4.78 is 0. The highest BCUT2D eigenvalue weighted by atomic mass is 32.2. The number of aliphatic hydroxyl groups is 3. The number of carboxylic acid groups (broad SMARTS) is 1. The summed E-state index contributed by atoms with van der Waals surface area (Å²) in [5.74, 6) is -0.918. The number of nitrogens with one attached hydrogen (secondary N) is 3. The van der Waals surface area contributed by atoms with Crippen LogP contribution in [0.15, 0.2) is 15.0 Å². The van der Waals surface area contributed by atoms with Gasteiger partial charge in [0.25, 0.3) is 0 Å². The quantitative estimate of drug-likeness (QED) is 0.0639. The van der Waals surface area contributed by atoms with E-state index in [4.69, 9.17) is 10.8 Å². The molecular weight excluding hydrogens is 903 g/mol. The van der Waals surface area contributed by atoms with Crippen LogP contribution in [0.5, 0.6) is 0 Å². The van der Waals surface area contributed by atoms with Crippen LogP contribution in [-0.4, -0.2) is 240 Å². The minimum atomic E-state index is -0.928. The molecule has 0 saturated heterocycles. The van der Waals surface area contributed by atoms with Crippen molar-refractivity contribution in [3.05, 3.63) is 0 Å². The van der Waals surface area contributed by atoms with Crippen LogP contribution in [0.25, 0.3) is 0 Å². The van der Waals surface area contributed by atoms with Crippen molar-refractivity contribution < 1.29 is 49.2 Å². The molecule has 5 amide bonds. The molecule has 0 fully saturated rings. The highest BCUT2D eigenvalue weighted by molar-refractivity contribution is 8.14. The Hall–Kier alpha value is -3.36. The van der Waals surface area contributed by atoms with Gasteiger partial charge in [0, 0.05) is 71.8 Å². The standard InChI is InChI=1S/C15H28N4O3S.C13H24N4O3S.C13H23N3O4S/c1-9(13(20)12(18(3)4)14(21)16-2)7-11-17-10(8-23-11)15(22)19(5)6;1-7(5-9-16-8(6-21-9)12(14)19)11(18)10(17(3)4)13(20)15-2;1-7(5-9-15-8(6-21-9)13(19)20)11(17)10(16(3)4)12(18)14-2/h9-10,12-13,20H,7-8H2,1-6H3,(H,16,21);7-8,10-11,18H,5-6H2,1-4H3,(H2,14,19)(H,15,20);7-8,10-11,17H,5-6H2,1-4H3,(H,14,18)(H,19,20)/t9-,10?,12-,13-;2*7-,8?,10-,11-/m111/s1. The number of nitrogens with two attached hydrogens (primary N) is 1. The van der Waals surface area contributed by atoms with Crippen LogP contribution in [-0.2, 0) is 28.8 Å². The molecular formula is C41H75N11O10S3. The van der Waals surface area contributed by atoms with Gasteiger partial charge in [-0.3, -0.25) is 53.6 Å². The predicted molar refractivity (Wildman–Crippen MR) is 261 cm³/mol. The molecule has 372 valence electrons. The Morgan fingerprint density at radius 3 is 1.08 bits per heavy atom. The Balaban J connectivity index is 0.000000488. The van der Waals surface area contributed by atoms with Gasteiger partial charge in [-0.15, -0.1) is 35.3 Å². The van der Waals surface area contributed by atoms with Crippen LogP contribution in [0.1, 0.15) is 40.0 Å². The lowest BCUT2D eigenvalue weighted by Gasteiger charge is -2.31. The van der Waals surface area contributed by atoms with Crippen LogP contribution < -0.4 is 21.7 Å². The molecule has 3 unspecified atom stereocenters. The maximum absolute atomic E-state index is 12.0. The second kappa shape index (κ2) is 28.7. The smallest absolute Gasteiger partial charge is 0.329 e. The number of likely N-dealkylation sites (N-methyl/N-ethyl adjacent to an activating group) is 7. The third-order valence-corrected chi connectivity index (χ3v) is 14.1. The van der Waals surface area contributed by atoms with E-state index in [1.165, 1.54) is 30.6 Å². The molecule has 3 aliphatic rings. The van der Waals surface area contributed by atoms with Gasteiger partial charge in [-0.2, -0.15) is 0 Å². The predicted octanol–water partition coefficient (Wildman–Crippen LogP) is -1.65. The van der Waals surface area contributed by atoms with E-state index in [1.54, 1.807) is 102 Å². The van der Waals surface area contributed by atoms with Gasteiger partial charge >= 0.3 is 5.97 Å². The maximum Gasteiger partial charge on any atom is 0.329 e. The summed E-state index contributed by atoms with van der Waals surface area (Å²) in [5.41, 5.74) is 5.23. The van der Waals surface area contributed by atoms with Crippen molar-refractivity contribution >= 4 is 85.9 Å². The number of nitrogens with zero attached hydrogens (tertiary/aromatic N) is 7. The van der Waals surface area contributed by atoms with Crippen LogP contribution in [0.3, 0.4) is 0 Å². The van der Waals surface area contributed by atoms with Gasteiger partial charge in [0.15, 0.2) is 6.04 Å². The molecule has 0 aromatic heterocycles. The number of carbonyl (C=O) groups excluding carboxylic acids is 5. The number of aliphatic imine (C=N–C) groups is 3. The Bertz CT molecular complexity index is 1630. The molecule has 0 radical (unpaired) electrons. The summed E-state index contributed by atoms with van der Waals surface area (Å²) in [6.45, 7) is 5.60. The molecule has 0 aromatic carbocycles. The average molecular weight is 978 g/mol. The zero-order chi connectivity index (χ0) is 50.0. The molecule has 65 heavy (non-hydrogen) atoms. The molecule has 0 aromatic rings. The normalized spacial score (nSPS) is 22.2. The average Bonchev–Trinajstić information content (AvgIpc) is 4.02. The van der Waals surface area contributed by atoms with Crippen LogP contribution in [0.4, 0.5) is 0 Å². The van der Waals surface area contributed by atoms with Crippen LogP contribution in [0, 0.1) is 17.8 Å². The summed E-state index contributed by atoms with van der Waals surface area (Å²) >= 11 is 4.44. The molecule has 3 heterocycles. The zero-order valence-electron chi connectivity index (χ0n) is 40.3. The van der Waals surface area contributed by atoms with Gasteiger partial charge in [0.05, 0.1) is 33.4 Å². The summed E-state index contributed by atoms with van der Waals surface area (Å²) in [5, 5.41) is 50.4. The third kappa shape index (κ3) is 18.7. The van der Waals surface area contributed by atoms with E-state index < -0.39 is 60.4 Å². The van der Waals surface area contributed by atoms with Crippen molar-refractivity contribution in [3.8, 4) is 0 Å². The number of primary amides is 1. The Labute approximate surface area is 397 Å². The SMILES string of the molecule is CNC(=O)[C@@H]([C@H](O)[C@H](C)CC1=NC(C(=O)N(C)C)CS1)N(C)C.CNC(=O)[C@@H]([C@H](O)[C@H](C)CC1=NC(C(=O)O)CS1)N(C)C.CNC(=O)[C@@H]([C@H](O)[C@H](C)CC1=NC(C(N)=O)CS1)N(C)C. The second-order valence-electron chi connectivity index (χ2n) is 17.1. The number of carboxylic acids is 1. The van der Waals surface area contributed by atoms with E-state index in [0.29, 0.717) is 36.5 Å². The van der Waals surface area contributed by atoms with Crippen LogP contribution in [0.2, 0.25) is 0 Å². The van der Waals surface area contributed by atoms with Gasteiger partial charge in [-0.05, 0) is 60.0 Å². The van der Waals surface area contributed by atoms with Crippen molar-refractivity contribution in [1.29, 1.82) is 0 Å². The van der Waals surface area contributed by atoms with E-state index in [1.807, 2.05) is 20.8 Å². The minimum absolute atomic E-state index is 0.00256. The van der Waals surface area contributed by atoms with Gasteiger partial charge < -0.3 is 47.0 Å². The third-order valence-electron chi connectivity index (χ3n) is 10.9. The largest absolute Gasteiger partial charge is 0.480 e. The number of hydrogen-bond acceptors (Lipinski definition) is 18. The number of thioether (sulfide) groups is 3. The monoisotopic (exact) mass is 977 g/mol. The lowest BCUT2D eigenvalue weighted by Crippen LogP contribution is -2.52. The number of aliphatic hydroxyl groups excluding tert-OH is 3. The Morgan fingerprint density at radius 1 is 0.569 bits per heavy atom. The maximum atomic E-state index is 12.0. The number of carbonyl (C=O) groups is 6. The molecule has 0 bridgehead atoms. The Kier molecular flexibility index (Phi) is 26.4. The van der Waals surface area contributed by atoms with Crippen LogP contribution >= 0.6 is 35.3 Å². The molecule has 12 atom stereocenters. The van der Waals surface area contributed by atoms with Crippen molar-refractivity contribution in [1.82, 2.24) is 35.6 Å². The summed E-state index contributed by atoms with van der Waals surface area (Å²) in [4.78, 5) is 89.0. The summed E-state index contributed by atoms with van der Waals surface area (Å²) in [7, 11) is 18.6. The molecule has 9 N–H and O–H groups in total. The molecule has 24 heteroatoms. The fourth-order valence-electron chi connectivity index (χ4n) is 6.95. The first-order valence-corrected chi connectivity index (χ1v) is 24.2. The van der Waals surface area contributed by atoms with Gasteiger partial charge in [-0.1, -0.05) is 20.8 Å². The van der Waals surface area contributed by atoms with Gasteiger partial charge in [-0.25, -0.2) is 4.79 Å². The van der Waals surface area contributed by atoms with Crippen molar-refractivity contribution in [3.63, 3.8) is 0 Å². The highest BCUT2D eigenvalue weighted by Crippen LogP contribution is 2.28. The minimum Gasteiger partial charge on any atom is -0.480 e. The molecule has 3 rings (SSSR count). The zero-order valence-corrected chi connectivity index (χ0v) is 42.8. The van der Waals surface area contributed by atoms with Crippen molar-refractivity contribution in [2.24, 2.45) is 38.5 Å². The first-order valence-electron chi connectivity index (χ1n) is 21.2. The van der Waals surface area contributed by atoms with E-state index in [9.17, 15) is 44.1 Å². The number of aliphatic carboxylic acids is 1. The fraction of sp³-hybridized carbons (Fsp3) is 0.780. The summed E-state index contributed by atoms with van der Waals surface area (Å²) in [6.07, 6.45) is -0.932. The second-order valence-corrected chi connectivity index (χ2v) is 20.4. The van der Waals surface area contributed by atoms with E-state index in [-0.39, 0.29) is 47.4 Å². The van der Waals surface area contributed by atoms with Crippen molar-refractivity contribution in [2.75, 3.05) is 94.8 Å².